The third-order valence-electron chi connectivity index (χ3n) is 6.00. The highest BCUT2D eigenvalue weighted by Crippen LogP contribution is 2.23. The number of nitrogens with zero attached hydrogens (tertiary/aromatic N) is 2. The van der Waals surface area contributed by atoms with Crippen LogP contribution < -0.4 is 14.4 Å². The van der Waals surface area contributed by atoms with Crippen molar-refractivity contribution in [2.45, 2.75) is 65.5 Å². The molecule has 0 aliphatic carbocycles. The van der Waals surface area contributed by atoms with E-state index in [0.717, 1.165) is 24.7 Å². The molecule has 0 fully saturated rings. The highest BCUT2D eigenvalue weighted by atomic mass is 32.2. The lowest BCUT2D eigenvalue weighted by Gasteiger charge is -2.31. The van der Waals surface area contributed by atoms with Crippen LogP contribution >= 0.6 is 0 Å². The molecule has 8 nitrogen and oxygen atoms in total. The number of benzene rings is 2. The second kappa shape index (κ2) is 15.2. The average Bonchev–Trinajstić information content (AvgIpc) is 2.87. The van der Waals surface area contributed by atoms with E-state index in [1.54, 1.807) is 29.2 Å². The van der Waals surface area contributed by atoms with Crippen LogP contribution in [0.1, 0.15) is 58.4 Å². The molecular formula is C28H41N3O5S. The lowest BCUT2D eigenvalue weighted by Crippen LogP contribution is -2.49. The molecule has 37 heavy (non-hydrogen) atoms. The van der Waals surface area contributed by atoms with Gasteiger partial charge in [-0.25, -0.2) is 8.42 Å². The summed E-state index contributed by atoms with van der Waals surface area (Å²) in [6, 6.07) is 15.8. The van der Waals surface area contributed by atoms with Crippen molar-refractivity contribution in [2.24, 2.45) is 0 Å². The SMILES string of the molecule is CCCCNC(=O)[C@@H](CC)N(Cc1ccccc1)C(=O)CCCN(c1ccc(OCC)cc1)S(C)(=O)=O. The summed E-state index contributed by atoms with van der Waals surface area (Å²) in [6.45, 7) is 7.39. The molecule has 2 rings (SSSR count). The summed E-state index contributed by atoms with van der Waals surface area (Å²) in [4.78, 5) is 28.0. The first-order valence-electron chi connectivity index (χ1n) is 13.0. The summed E-state index contributed by atoms with van der Waals surface area (Å²) in [5.74, 6) is 0.322. The van der Waals surface area contributed by atoms with E-state index >= 15 is 0 Å². The summed E-state index contributed by atoms with van der Waals surface area (Å²) < 4.78 is 31.8. The zero-order valence-corrected chi connectivity index (χ0v) is 23.3. The molecule has 2 amide bonds. The van der Waals surface area contributed by atoms with E-state index in [0.29, 0.717) is 44.0 Å². The minimum atomic E-state index is -3.55. The van der Waals surface area contributed by atoms with Gasteiger partial charge < -0.3 is 15.0 Å². The smallest absolute Gasteiger partial charge is 0.242 e. The van der Waals surface area contributed by atoms with E-state index in [1.807, 2.05) is 44.2 Å². The van der Waals surface area contributed by atoms with E-state index in [4.69, 9.17) is 4.74 Å². The van der Waals surface area contributed by atoms with Crippen molar-refractivity contribution >= 4 is 27.5 Å². The van der Waals surface area contributed by atoms with Crippen LogP contribution in [0.2, 0.25) is 0 Å². The lowest BCUT2D eigenvalue weighted by atomic mass is 10.1. The molecule has 0 saturated carbocycles. The maximum absolute atomic E-state index is 13.4. The van der Waals surface area contributed by atoms with Gasteiger partial charge in [0.05, 0.1) is 18.6 Å². The molecule has 1 atom stereocenters. The highest BCUT2D eigenvalue weighted by Gasteiger charge is 2.28. The first-order valence-corrected chi connectivity index (χ1v) is 14.9. The Morgan fingerprint density at radius 1 is 0.973 bits per heavy atom. The quantitative estimate of drug-likeness (QED) is 0.325. The number of unbranched alkanes of at least 4 members (excludes halogenated alkanes) is 1. The van der Waals surface area contributed by atoms with E-state index in [-0.39, 0.29) is 24.8 Å². The van der Waals surface area contributed by atoms with E-state index < -0.39 is 16.1 Å². The van der Waals surface area contributed by atoms with Crippen LogP contribution in [-0.4, -0.2) is 57.1 Å². The molecule has 1 N–H and O–H groups in total. The Morgan fingerprint density at radius 2 is 1.65 bits per heavy atom. The van der Waals surface area contributed by atoms with Gasteiger partial charge >= 0.3 is 0 Å². The number of hydrogen-bond donors (Lipinski definition) is 1. The number of ether oxygens (including phenoxy) is 1. The Hall–Kier alpha value is -3.07. The monoisotopic (exact) mass is 531 g/mol. The van der Waals surface area contributed by atoms with Gasteiger partial charge in [0.15, 0.2) is 0 Å². The fraction of sp³-hybridized carbons (Fsp3) is 0.500. The molecule has 9 heteroatoms. The van der Waals surface area contributed by atoms with Gasteiger partial charge in [-0.2, -0.15) is 0 Å². The van der Waals surface area contributed by atoms with Crippen molar-refractivity contribution in [3.63, 3.8) is 0 Å². The first-order chi connectivity index (χ1) is 17.7. The van der Waals surface area contributed by atoms with Gasteiger partial charge in [0, 0.05) is 26.1 Å². The fourth-order valence-electron chi connectivity index (χ4n) is 4.08. The summed E-state index contributed by atoms with van der Waals surface area (Å²) in [6.07, 6.45) is 3.92. The topological polar surface area (TPSA) is 96.0 Å². The maximum atomic E-state index is 13.4. The molecule has 0 spiro atoms. The second-order valence-electron chi connectivity index (χ2n) is 8.94. The number of rotatable bonds is 16. The third kappa shape index (κ3) is 9.72. The molecule has 2 aromatic carbocycles. The van der Waals surface area contributed by atoms with Gasteiger partial charge in [0.1, 0.15) is 11.8 Å². The molecule has 0 radical (unpaired) electrons. The second-order valence-corrected chi connectivity index (χ2v) is 10.8. The van der Waals surface area contributed by atoms with Crippen LogP contribution in [0, 0.1) is 0 Å². The Labute approximate surface area is 222 Å². The highest BCUT2D eigenvalue weighted by molar-refractivity contribution is 7.92. The van der Waals surface area contributed by atoms with Gasteiger partial charge in [-0.3, -0.25) is 13.9 Å². The van der Waals surface area contributed by atoms with Crippen LogP contribution in [0.3, 0.4) is 0 Å². The van der Waals surface area contributed by atoms with Gasteiger partial charge in [0.2, 0.25) is 21.8 Å². The summed E-state index contributed by atoms with van der Waals surface area (Å²) in [5.41, 5.74) is 1.45. The van der Waals surface area contributed by atoms with Crippen LogP contribution in [-0.2, 0) is 26.2 Å². The standard InChI is InChI=1S/C28H41N3O5S/c1-5-8-20-29-28(33)26(6-2)30(22-23-13-10-9-11-14-23)27(32)15-12-21-31(37(4,34)35)24-16-18-25(19-17-24)36-7-3/h9-11,13-14,16-19,26H,5-8,12,15,20-22H2,1-4H3,(H,29,33)/t26-/m1/s1. The van der Waals surface area contributed by atoms with Crippen molar-refractivity contribution in [3.05, 3.63) is 60.2 Å². The third-order valence-corrected chi connectivity index (χ3v) is 7.19. The van der Waals surface area contributed by atoms with E-state index in [2.05, 4.69) is 12.2 Å². The van der Waals surface area contributed by atoms with Crippen LogP contribution in [0.25, 0.3) is 0 Å². The summed E-state index contributed by atoms with van der Waals surface area (Å²) >= 11 is 0. The maximum Gasteiger partial charge on any atom is 0.242 e. The van der Waals surface area contributed by atoms with E-state index in [1.165, 1.54) is 4.31 Å². The Kier molecular flexibility index (Phi) is 12.4. The van der Waals surface area contributed by atoms with Crippen molar-refractivity contribution in [2.75, 3.05) is 30.3 Å². The zero-order valence-electron chi connectivity index (χ0n) is 22.5. The van der Waals surface area contributed by atoms with Crippen LogP contribution in [0.15, 0.2) is 54.6 Å². The number of hydrogen-bond acceptors (Lipinski definition) is 5. The number of carbonyl (C=O) groups excluding carboxylic acids is 2. The average molecular weight is 532 g/mol. The minimum absolute atomic E-state index is 0.120. The summed E-state index contributed by atoms with van der Waals surface area (Å²) in [7, 11) is -3.55. The van der Waals surface area contributed by atoms with Crippen molar-refractivity contribution < 1.29 is 22.7 Å². The number of anilines is 1. The lowest BCUT2D eigenvalue weighted by molar-refractivity contribution is -0.141. The Balaban J connectivity index is 2.15. The van der Waals surface area contributed by atoms with E-state index in [9.17, 15) is 18.0 Å². The van der Waals surface area contributed by atoms with Crippen molar-refractivity contribution in [3.8, 4) is 5.75 Å². The number of amides is 2. The Bertz CT molecular complexity index is 1070. The molecule has 0 aliphatic heterocycles. The number of nitrogens with one attached hydrogen (secondary N) is 1. The number of sulfonamides is 1. The largest absolute Gasteiger partial charge is 0.494 e. The van der Waals surface area contributed by atoms with Gasteiger partial charge in [0.25, 0.3) is 0 Å². The minimum Gasteiger partial charge on any atom is -0.494 e. The number of carbonyl (C=O) groups is 2. The molecular weight excluding hydrogens is 490 g/mol. The van der Waals surface area contributed by atoms with Crippen molar-refractivity contribution in [1.82, 2.24) is 10.2 Å². The predicted octanol–water partition coefficient (Wildman–Crippen LogP) is 4.36. The molecule has 0 bridgehead atoms. The first kappa shape index (κ1) is 30.2. The summed E-state index contributed by atoms with van der Waals surface area (Å²) in [5, 5.41) is 2.95. The fourth-order valence-corrected chi connectivity index (χ4v) is 5.05. The zero-order chi connectivity index (χ0) is 27.3. The van der Waals surface area contributed by atoms with Gasteiger partial charge in [-0.05, 0) is 56.0 Å². The molecule has 0 unspecified atom stereocenters. The molecule has 0 aliphatic rings. The molecule has 0 aromatic heterocycles. The van der Waals surface area contributed by atoms with Crippen LogP contribution in [0.4, 0.5) is 5.69 Å². The molecule has 0 heterocycles. The normalized spacial score (nSPS) is 12.0. The van der Waals surface area contributed by atoms with Gasteiger partial charge in [-0.15, -0.1) is 0 Å². The predicted molar refractivity (Wildman–Crippen MR) is 148 cm³/mol. The Morgan fingerprint density at radius 3 is 2.22 bits per heavy atom. The van der Waals surface area contributed by atoms with Crippen molar-refractivity contribution in [1.29, 1.82) is 0 Å². The molecule has 2 aromatic rings. The molecule has 204 valence electrons. The van der Waals surface area contributed by atoms with Gasteiger partial charge in [-0.1, -0.05) is 50.6 Å². The molecule has 0 saturated heterocycles. The van der Waals surface area contributed by atoms with Crippen LogP contribution in [0.5, 0.6) is 5.75 Å².